The first-order chi connectivity index (χ1) is 16.8. The van der Waals surface area contributed by atoms with Crippen molar-refractivity contribution in [2.24, 2.45) is 0 Å². The van der Waals surface area contributed by atoms with E-state index >= 15 is 0 Å². The highest BCUT2D eigenvalue weighted by Gasteiger charge is 2.30. The Kier molecular flexibility index (Phi) is 8.17. The monoisotopic (exact) mass is 551 g/mol. The van der Waals surface area contributed by atoms with Gasteiger partial charge in [0.1, 0.15) is 11.8 Å². The van der Waals surface area contributed by atoms with Gasteiger partial charge in [-0.2, -0.15) is 0 Å². The standard InChI is InChI=1S/C24H26ClN3O6S2/c1-16-7-5-6-8-22(16)27-36(32,33)20-12-9-18(10-13-20)26-24(29)17(2)28(35(4,30)31)19-11-14-23(34-3)21(25)15-19/h5-15,17,27H,1-4H3,(H,26,29)/t17-/m1/s1. The van der Waals surface area contributed by atoms with Crippen molar-refractivity contribution in [2.45, 2.75) is 24.8 Å². The molecule has 9 nitrogen and oxygen atoms in total. The minimum absolute atomic E-state index is 0.00226. The maximum atomic E-state index is 12.9. The summed E-state index contributed by atoms with van der Waals surface area (Å²) in [6.07, 6.45) is 0.982. The van der Waals surface area contributed by atoms with Crippen LogP contribution in [0.3, 0.4) is 0 Å². The number of methoxy groups -OCH3 is 1. The number of carbonyl (C=O) groups excluding carboxylic acids is 1. The molecule has 0 heterocycles. The van der Waals surface area contributed by atoms with Gasteiger partial charge in [-0.25, -0.2) is 16.8 Å². The third kappa shape index (κ3) is 6.28. The molecule has 3 aromatic rings. The molecule has 0 spiro atoms. The van der Waals surface area contributed by atoms with E-state index in [0.29, 0.717) is 17.1 Å². The fourth-order valence-electron chi connectivity index (χ4n) is 3.46. The smallest absolute Gasteiger partial charge is 0.261 e. The van der Waals surface area contributed by atoms with Gasteiger partial charge in [-0.1, -0.05) is 29.8 Å². The van der Waals surface area contributed by atoms with E-state index in [4.69, 9.17) is 16.3 Å². The van der Waals surface area contributed by atoms with Crippen molar-refractivity contribution in [3.8, 4) is 5.75 Å². The minimum atomic E-state index is -3.86. The van der Waals surface area contributed by atoms with Crippen LogP contribution in [-0.4, -0.2) is 42.2 Å². The average Bonchev–Trinajstić information content (AvgIpc) is 2.80. The van der Waals surface area contributed by atoms with E-state index < -0.39 is 32.0 Å². The summed E-state index contributed by atoms with van der Waals surface area (Å²) in [4.78, 5) is 12.9. The number of benzene rings is 3. The first-order valence-electron chi connectivity index (χ1n) is 10.7. The van der Waals surface area contributed by atoms with Gasteiger partial charge in [-0.15, -0.1) is 0 Å². The van der Waals surface area contributed by atoms with Gasteiger partial charge < -0.3 is 10.1 Å². The molecule has 3 aromatic carbocycles. The van der Waals surface area contributed by atoms with Crippen molar-refractivity contribution in [3.63, 3.8) is 0 Å². The molecule has 3 rings (SSSR count). The van der Waals surface area contributed by atoms with E-state index in [9.17, 15) is 21.6 Å². The molecule has 0 saturated heterocycles. The lowest BCUT2D eigenvalue weighted by atomic mass is 10.2. The van der Waals surface area contributed by atoms with Crippen molar-refractivity contribution in [1.29, 1.82) is 0 Å². The number of amides is 1. The van der Waals surface area contributed by atoms with E-state index in [2.05, 4.69) is 10.0 Å². The number of nitrogens with one attached hydrogen (secondary N) is 2. The SMILES string of the molecule is COc1ccc(N([C@H](C)C(=O)Nc2ccc(S(=O)(=O)Nc3ccccc3C)cc2)S(C)(=O)=O)cc1Cl. The molecule has 0 bridgehead atoms. The molecular formula is C24H26ClN3O6S2. The molecule has 12 heteroatoms. The van der Waals surface area contributed by atoms with Crippen LogP contribution in [0.1, 0.15) is 12.5 Å². The fraction of sp³-hybridized carbons (Fsp3) is 0.208. The molecule has 0 saturated carbocycles. The molecular weight excluding hydrogens is 526 g/mol. The summed E-state index contributed by atoms with van der Waals surface area (Å²) >= 11 is 6.15. The maximum absolute atomic E-state index is 12.9. The highest BCUT2D eigenvalue weighted by atomic mass is 35.5. The number of nitrogens with zero attached hydrogens (tertiary/aromatic N) is 1. The Morgan fingerprint density at radius 1 is 1.00 bits per heavy atom. The Labute approximate surface area is 216 Å². The quantitative estimate of drug-likeness (QED) is 0.410. The summed E-state index contributed by atoms with van der Waals surface area (Å²) in [5, 5.41) is 2.81. The van der Waals surface area contributed by atoms with E-state index in [1.165, 1.54) is 56.5 Å². The van der Waals surface area contributed by atoms with Crippen LogP contribution in [0.25, 0.3) is 0 Å². The van der Waals surface area contributed by atoms with Crippen LogP contribution in [0.5, 0.6) is 5.75 Å². The lowest BCUT2D eigenvalue weighted by Crippen LogP contribution is -2.45. The van der Waals surface area contributed by atoms with Crippen molar-refractivity contribution in [2.75, 3.05) is 27.7 Å². The van der Waals surface area contributed by atoms with Crippen LogP contribution in [0.2, 0.25) is 5.02 Å². The second kappa shape index (κ2) is 10.8. The normalized spacial score (nSPS) is 12.5. The third-order valence-electron chi connectivity index (χ3n) is 5.30. The van der Waals surface area contributed by atoms with Gasteiger partial charge in [-0.05, 0) is 67.9 Å². The molecule has 1 atom stereocenters. The van der Waals surface area contributed by atoms with Gasteiger partial charge >= 0.3 is 0 Å². The van der Waals surface area contributed by atoms with Gasteiger partial charge in [-0.3, -0.25) is 13.8 Å². The van der Waals surface area contributed by atoms with E-state index in [1.54, 1.807) is 31.2 Å². The zero-order valence-electron chi connectivity index (χ0n) is 20.0. The minimum Gasteiger partial charge on any atom is -0.495 e. The number of hydrogen-bond donors (Lipinski definition) is 2. The third-order valence-corrected chi connectivity index (χ3v) is 8.22. The second-order valence-electron chi connectivity index (χ2n) is 7.99. The number of anilines is 3. The number of halogens is 1. The predicted octanol–water partition coefficient (Wildman–Crippen LogP) is 4.25. The summed E-state index contributed by atoms with van der Waals surface area (Å²) in [6, 6.07) is 15.8. The first-order valence-corrected chi connectivity index (χ1v) is 14.4. The van der Waals surface area contributed by atoms with Crippen LogP contribution < -0.4 is 19.1 Å². The van der Waals surface area contributed by atoms with Crippen LogP contribution in [0, 0.1) is 6.92 Å². The Hall–Kier alpha value is -3.28. The lowest BCUT2D eigenvalue weighted by molar-refractivity contribution is -0.116. The van der Waals surface area contributed by atoms with Crippen LogP contribution >= 0.6 is 11.6 Å². The van der Waals surface area contributed by atoms with E-state index in [0.717, 1.165) is 16.1 Å². The van der Waals surface area contributed by atoms with Crippen molar-refractivity contribution in [1.82, 2.24) is 0 Å². The second-order valence-corrected chi connectivity index (χ2v) is 11.9. The summed E-state index contributed by atoms with van der Waals surface area (Å²) in [6.45, 7) is 3.22. The highest BCUT2D eigenvalue weighted by Crippen LogP contribution is 2.31. The molecule has 0 aliphatic rings. The molecule has 0 radical (unpaired) electrons. The molecule has 2 N–H and O–H groups in total. The fourth-order valence-corrected chi connectivity index (χ4v) is 6.01. The lowest BCUT2D eigenvalue weighted by Gasteiger charge is -2.28. The molecule has 36 heavy (non-hydrogen) atoms. The number of hydrogen-bond acceptors (Lipinski definition) is 6. The molecule has 0 aromatic heterocycles. The Balaban J connectivity index is 1.79. The highest BCUT2D eigenvalue weighted by molar-refractivity contribution is 7.92. The van der Waals surface area contributed by atoms with Crippen LogP contribution in [0.4, 0.5) is 17.1 Å². The average molecular weight is 552 g/mol. The van der Waals surface area contributed by atoms with Gasteiger partial charge in [0.2, 0.25) is 15.9 Å². The van der Waals surface area contributed by atoms with Crippen molar-refractivity contribution in [3.05, 3.63) is 77.3 Å². The zero-order chi connectivity index (χ0) is 26.7. The molecule has 0 aliphatic heterocycles. The number of aryl methyl sites for hydroxylation is 1. The Morgan fingerprint density at radius 2 is 1.64 bits per heavy atom. The van der Waals surface area contributed by atoms with Gasteiger partial charge in [0, 0.05) is 5.69 Å². The van der Waals surface area contributed by atoms with Crippen molar-refractivity contribution >= 4 is 54.6 Å². The van der Waals surface area contributed by atoms with E-state index in [1.807, 2.05) is 0 Å². The van der Waals surface area contributed by atoms with E-state index in [-0.39, 0.29) is 15.6 Å². The summed E-state index contributed by atoms with van der Waals surface area (Å²) in [5.41, 5.74) is 1.72. The Morgan fingerprint density at radius 3 is 2.19 bits per heavy atom. The summed E-state index contributed by atoms with van der Waals surface area (Å²) < 4.78 is 59.1. The number of sulfonamides is 2. The largest absolute Gasteiger partial charge is 0.495 e. The number of ether oxygens (including phenoxy) is 1. The zero-order valence-corrected chi connectivity index (χ0v) is 22.4. The van der Waals surface area contributed by atoms with Crippen molar-refractivity contribution < 1.29 is 26.4 Å². The van der Waals surface area contributed by atoms with Gasteiger partial charge in [0.15, 0.2) is 0 Å². The molecule has 192 valence electrons. The summed E-state index contributed by atoms with van der Waals surface area (Å²) in [5.74, 6) is -0.265. The summed E-state index contributed by atoms with van der Waals surface area (Å²) in [7, 11) is -6.28. The maximum Gasteiger partial charge on any atom is 0.261 e. The van der Waals surface area contributed by atoms with Crippen LogP contribution in [-0.2, 0) is 24.8 Å². The van der Waals surface area contributed by atoms with Gasteiger partial charge in [0.25, 0.3) is 10.0 Å². The number of carbonyl (C=O) groups is 1. The first kappa shape index (κ1) is 27.3. The topological polar surface area (TPSA) is 122 Å². The van der Waals surface area contributed by atoms with Gasteiger partial charge in [0.05, 0.1) is 34.7 Å². The molecule has 0 aliphatic carbocycles. The number of rotatable bonds is 9. The Bertz CT molecular complexity index is 1480. The molecule has 1 amide bonds. The molecule has 0 unspecified atom stereocenters. The predicted molar refractivity (Wildman–Crippen MR) is 142 cm³/mol. The number of para-hydroxylation sites is 1. The van der Waals surface area contributed by atoms with Crippen LogP contribution in [0.15, 0.2) is 71.6 Å². The molecule has 0 fully saturated rings.